The maximum Gasteiger partial charge on any atom is 0.407 e. The quantitative estimate of drug-likeness (QED) is 0.162. The predicted molar refractivity (Wildman–Crippen MR) is 176 cm³/mol. The SMILES string of the molecule is CCOC(OCC)C(C)N(Cc1ccccc1)C(=O)C(CC(=O)OC(C)(C)C)NC(=O)OCC1c2ccccc2-c2ccccc21. The summed E-state index contributed by atoms with van der Waals surface area (Å²) in [5, 5.41) is 2.69. The van der Waals surface area contributed by atoms with Crippen molar-refractivity contribution in [3.63, 3.8) is 0 Å². The Bertz CT molecular complexity index is 1420. The molecule has 2 amide bonds. The van der Waals surface area contributed by atoms with Gasteiger partial charge in [0.05, 0.1) is 12.5 Å². The lowest BCUT2D eigenvalue weighted by molar-refractivity contribution is -0.180. The first-order valence-corrected chi connectivity index (χ1v) is 15.9. The average molecular weight is 631 g/mol. The van der Waals surface area contributed by atoms with Gasteiger partial charge < -0.3 is 29.2 Å². The highest BCUT2D eigenvalue weighted by Crippen LogP contribution is 2.44. The molecule has 0 heterocycles. The van der Waals surface area contributed by atoms with E-state index >= 15 is 0 Å². The third-order valence-electron chi connectivity index (χ3n) is 7.75. The van der Waals surface area contributed by atoms with Gasteiger partial charge in [0.25, 0.3) is 0 Å². The molecular formula is C37H46N2O7. The van der Waals surface area contributed by atoms with Crippen molar-refractivity contribution in [2.75, 3.05) is 19.8 Å². The Morgan fingerprint density at radius 1 is 0.826 bits per heavy atom. The molecule has 0 aromatic heterocycles. The van der Waals surface area contributed by atoms with Crippen LogP contribution in [-0.2, 0) is 35.1 Å². The number of nitrogens with one attached hydrogen (secondary N) is 1. The zero-order valence-corrected chi connectivity index (χ0v) is 27.7. The van der Waals surface area contributed by atoms with Crippen LogP contribution in [0.1, 0.15) is 70.6 Å². The fourth-order valence-corrected chi connectivity index (χ4v) is 5.74. The van der Waals surface area contributed by atoms with Crippen LogP contribution < -0.4 is 5.32 Å². The van der Waals surface area contributed by atoms with Crippen LogP contribution in [0.5, 0.6) is 0 Å². The van der Waals surface area contributed by atoms with Crippen molar-refractivity contribution >= 4 is 18.0 Å². The third kappa shape index (κ3) is 8.95. The van der Waals surface area contributed by atoms with Crippen molar-refractivity contribution in [3.05, 3.63) is 95.6 Å². The molecule has 0 saturated heterocycles. The van der Waals surface area contributed by atoms with Crippen LogP contribution in [-0.4, -0.2) is 66.7 Å². The van der Waals surface area contributed by atoms with E-state index in [1.165, 1.54) is 0 Å². The molecule has 46 heavy (non-hydrogen) atoms. The minimum atomic E-state index is -1.26. The molecule has 0 bridgehead atoms. The van der Waals surface area contributed by atoms with Gasteiger partial charge in [0.1, 0.15) is 18.2 Å². The smallest absolute Gasteiger partial charge is 0.407 e. The second-order valence-corrected chi connectivity index (χ2v) is 12.3. The Morgan fingerprint density at radius 2 is 1.37 bits per heavy atom. The Hall–Kier alpha value is -4.21. The van der Waals surface area contributed by atoms with Gasteiger partial charge >= 0.3 is 12.1 Å². The standard InChI is InChI=1S/C37H46N2O7/c1-7-43-35(44-8-2)25(3)39(23-26-16-10-9-11-17-26)34(41)32(22-33(40)46-37(4,5)6)38-36(42)45-24-31-29-20-14-12-18-27(29)28-19-13-15-21-30(28)31/h9-21,25,31-32,35H,7-8,22-24H2,1-6H3,(H,38,42). The average Bonchev–Trinajstić information content (AvgIpc) is 3.34. The fourth-order valence-electron chi connectivity index (χ4n) is 5.74. The molecule has 2 atom stereocenters. The number of esters is 1. The summed E-state index contributed by atoms with van der Waals surface area (Å²) in [5.74, 6) is -1.27. The lowest BCUT2D eigenvalue weighted by atomic mass is 9.98. The summed E-state index contributed by atoms with van der Waals surface area (Å²) in [4.78, 5) is 42.4. The van der Waals surface area contributed by atoms with Crippen LogP contribution in [0.3, 0.4) is 0 Å². The third-order valence-corrected chi connectivity index (χ3v) is 7.75. The molecule has 0 spiro atoms. The largest absolute Gasteiger partial charge is 0.460 e. The second kappa shape index (κ2) is 15.9. The molecule has 0 aliphatic heterocycles. The Kier molecular flexibility index (Phi) is 12.0. The number of rotatable bonds is 14. The summed E-state index contributed by atoms with van der Waals surface area (Å²) in [6.45, 7) is 11.8. The predicted octanol–water partition coefficient (Wildman–Crippen LogP) is 6.44. The maximum atomic E-state index is 14.4. The van der Waals surface area contributed by atoms with E-state index in [9.17, 15) is 14.4 Å². The minimum absolute atomic E-state index is 0.0636. The zero-order chi connectivity index (χ0) is 33.3. The highest BCUT2D eigenvalue weighted by atomic mass is 16.7. The van der Waals surface area contributed by atoms with Gasteiger partial charge in [0, 0.05) is 25.7 Å². The number of hydrogen-bond donors (Lipinski definition) is 1. The number of amides is 2. The van der Waals surface area contributed by atoms with E-state index in [1.54, 1.807) is 25.7 Å². The van der Waals surface area contributed by atoms with E-state index in [0.29, 0.717) is 13.2 Å². The molecule has 2 unspecified atom stereocenters. The van der Waals surface area contributed by atoms with E-state index in [4.69, 9.17) is 18.9 Å². The summed E-state index contributed by atoms with van der Waals surface area (Å²) in [6.07, 6.45) is -1.91. The maximum absolute atomic E-state index is 14.4. The molecule has 0 fully saturated rings. The number of carbonyl (C=O) groups excluding carboxylic acids is 3. The van der Waals surface area contributed by atoms with Crippen LogP contribution in [0.4, 0.5) is 4.79 Å². The highest BCUT2D eigenvalue weighted by Gasteiger charge is 2.36. The van der Waals surface area contributed by atoms with Crippen molar-refractivity contribution in [1.29, 1.82) is 0 Å². The molecular weight excluding hydrogens is 584 g/mol. The molecule has 9 nitrogen and oxygen atoms in total. The van der Waals surface area contributed by atoms with E-state index in [-0.39, 0.29) is 25.5 Å². The highest BCUT2D eigenvalue weighted by molar-refractivity contribution is 5.90. The van der Waals surface area contributed by atoms with Gasteiger partial charge in [-0.05, 0) is 69.4 Å². The van der Waals surface area contributed by atoms with Gasteiger partial charge in [0.15, 0.2) is 6.29 Å². The molecule has 0 radical (unpaired) electrons. The summed E-state index contributed by atoms with van der Waals surface area (Å²) >= 11 is 0. The number of carbonyl (C=O) groups is 3. The molecule has 9 heteroatoms. The topological polar surface area (TPSA) is 103 Å². The van der Waals surface area contributed by atoms with E-state index in [1.807, 2.05) is 87.5 Å². The van der Waals surface area contributed by atoms with E-state index < -0.39 is 41.9 Å². The molecule has 1 aliphatic carbocycles. The number of nitrogens with zero attached hydrogens (tertiary/aromatic N) is 1. The van der Waals surface area contributed by atoms with Crippen molar-refractivity contribution in [3.8, 4) is 11.1 Å². The Balaban J connectivity index is 1.58. The summed E-state index contributed by atoms with van der Waals surface area (Å²) in [5.41, 5.74) is 4.44. The molecule has 4 rings (SSSR count). The van der Waals surface area contributed by atoms with Gasteiger partial charge in [-0.25, -0.2) is 4.79 Å². The molecule has 3 aromatic rings. The van der Waals surface area contributed by atoms with Crippen molar-refractivity contribution in [2.24, 2.45) is 0 Å². The monoisotopic (exact) mass is 630 g/mol. The number of hydrogen-bond acceptors (Lipinski definition) is 7. The lowest BCUT2D eigenvalue weighted by Crippen LogP contribution is -2.55. The van der Waals surface area contributed by atoms with Crippen LogP contribution in [0.15, 0.2) is 78.9 Å². The zero-order valence-electron chi connectivity index (χ0n) is 27.7. The summed E-state index contributed by atoms with van der Waals surface area (Å²) in [6, 6.07) is 23.8. The Labute approximate surface area is 272 Å². The molecule has 1 N–H and O–H groups in total. The molecule has 3 aromatic carbocycles. The Morgan fingerprint density at radius 3 is 1.91 bits per heavy atom. The first kappa shape index (κ1) is 34.7. The van der Waals surface area contributed by atoms with E-state index in [2.05, 4.69) is 17.4 Å². The number of fused-ring (bicyclic) bond motifs is 3. The molecule has 1 aliphatic rings. The first-order valence-electron chi connectivity index (χ1n) is 15.9. The lowest BCUT2D eigenvalue weighted by Gasteiger charge is -2.36. The van der Waals surface area contributed by atoms with Crippen LogP contribution in [0.25, 0.3) is 11.1 Å². The van der Waals surface area contributed by atoms with Crippen LogP contribution in [0, 0.1) is 0 Å². The summed E-state index contributed by atoms with van der Waals surface area (Å²) < 4.78 is 23.0. The van der Waals surface area contributed by atoms with Crippen LogP contribution in [0.2, 0.25) is 0 Å². The number of alkyl carbamates (subject to hydrolysis) is 1. The normalized spacial score (nSPS) is 13.8. The van der Waals surface area contributed by atoms with Crippen molar-refractivity contribution < 1.29 is 33.3 Å². The van der Waals surface area contributed by atoms with Gasteiger partial charge in [0.2, 0.25) is 5.91 Å². The minimum Gasteiger partial charge on any atom is -0.460 e. The van der Waals surface area contributed by atoms with E-state index in [0.717, 1.165) is 27.8 Å². The first-order chi connectivity index (χ1) is 22.0. The second-order valence-electron chi connectivity index (χ2n) is 12.3. The van der Waals surface area contributed by atoms with Crippen LogP contribution >= 0.6 is 0 Å². The number of ether oxygens (including phenoxy) is 4. The van der Waals surface area contributed by atoms with Gasteiger partial charge in [-0.2, -0.15) is 0 Å². The van der Waals surface area contributed by atoms with Gasteiger partial charge in [-0.3, -0.25) is 9.59 Å². The van der Waals surface area contributed by atoms with Crippen molar-refractivity contribution in [2.45, 2.75) is 84.4 Å². The summed E-state index contributed by atoms with van der Waals surface area (Å²) in [7, 11) is 0. The van der Waals surface area contributed by atoms with Gasteiger partial charge in [-0.1, -0.05) is 78.9 Å². The fraction of sp³-hybridized carbons (Fsp3) is 0.432. The molecule has 0 saturated carbocycles. The van der Waals surface area contributed by atoms with Gasteiger partial charge in [-0.15, -0.1) is 0 Å². The number of benzene rings is 3. The molecule has 246 valence electrons. The van der Waals surface area contributed by atoms with Crippen molar-refractivity contribution in [1.82, 2.24) is 10.2 Å².